The fourth-order valence-corrected chi connectivity index (χ4v) is 4.98. The Bertz CT molecular complexity index is 1050. The van der Waals surface area contributed by atoms with E-state index in [-0.39, 0.29) is 0 Å². The number of nitrogens with zero attached hydrogens (tertiary/aromatic N) is 1. The van der Waals surface area contributed by atoms with Gasteiger partial charge in [0.2, 0.25) is 11.1 Å². The molecule has 0 unspecified atom stereocenters. The van der Waals surface area contributed by atoms with Crippen LogP contribution in [0.5, 0.6) is 5.75 Å². The van der Waals surface area contributed by atoms with Crippen molar-refractivity contribution in [2.24, 2.45) is 0 Å². The highest BCUT2D eigenvalue weighted by Gasteiger charge is 2.16. The normalized spacial score (nSPS) is 11.2. The Balaban J connectivity index is 1.67. The number of ether oxygens (including phenoxy) is 1. The maximum atomic E-state index is 6.44. The first-order valence-corrected chi connectivity index (χ1v) is 15.0. The predicted molar refractivity (Wildman–Crippen MR) is 157 cm³/mol. The third kappa shape index (κ3) is 10.4. The quantitative estimate of drug-likeness (QED) is 0.149. The molecule has 0 N–H and O–H groups in total. The highest BCUT2D eigenvalue weighted by atomic mass is 35.5. The van der Waals surface area contributed by atoms with Crippen LogP contribution in [0.2, 0.25) is 10.2 Å². The SMILES string of the molecule is CCCCCCCCOc1ccc(CCCCCCCC)cc1Cc1nc(-c2ccc(Cl)cc2)c(Cl)o1. The number of aromatic nitrogens is 1. The van der Waals surface area contributed by atoms with Gasteiger partial charge in [0.15, 0.2) is 0 Å². The molecule has 0 atom stereocenters. The Morgan fingerprint density at radius 3 is 2.11 bits per heavy atom. The van der Waals surface area contributed by atoms with Crippen LogP contribution < -0.4 is 4.74 Å². The van der Waals surface area contributed by atoms with E-state index in [1.807, 2.05) is 24.3 Å². The summed E-state index contributed by atoms with van der Waals surface area (Å²) >= 11 is 12.5. The van der Waals surface area contributed by atoms with E-state index in [0.717, 1.165) is 36.3 Å². The third-order valence-electron chi connectivity index (χ3n) is 6.79. The number of hydrogen-bond acceptors (Lipinski definition) is 3. The Morgan fingerprint density at radius 1 is 0.757 bits per heavy atom. The first-order chi connectivity index (χ1) is 18.1. The van der Waals surface area contributed by atoms with E-state index < -0.39 is 0 Å². The molecule has 0 aliphatic rings. The number of unbranched alkanes of at least 4 members (excludes halogenated alkanes) is 10. The van der Waals surface area contributed by atoms with Gasteiger partial charge in [-0.05, 0) is 54.6 Å². The van der Waals surface area contributed by atoms with Gasteiger partial charge in [-0.3, -0.25) is 0 Å². The third-order valence-corrected chi connectivity index (χ3v) is 7.30. The molecule has 0 spiro atoms. The van der Waals surface area contributed by atoms with E-state index in [4.69, 9.17) is 37.3 Å². The molecule has 2 aromatic carbocycles. The zero-order valence-corrected chi connectivity index (χ0v) is 24.2. The highest BCUT2D eigenvalue weighted by Crippen LogP contribution is 2.31. The maximum Gasteiger partial charge on any atom is 0.221 e. The number of halogens is 2. The smallest absolute Gasteiger partial charge is 0.221 e. The van der Waals surface area contributed by atoms with Crippen molar-refractivity contribution in [3.63, 3.8) is 0 Å². The summed E-state index contributed by atoms with van der Waals surface area (Å²) in [6.07, 6.45) is 16.9. The largest absolute Gasteiger partial charge is 0.493 e. The predicted octanol–water partition coefficient (Wildman–Crippen LogP) is 10.9. The zero-order valence-electron chi connectivity index (χ0n) is 22.7. The van der Waals surface area contributed by atoms with E-state index in [2.05, 4.69) is 32.0 Å². The minimum atomic E-state index is 0.301. The first-order valence-electron chi connectivity index (χ1n) is 14.3. The molecule has 0 saturated heterocycles. The minimum Gasteiger partial charge on any atom is -0.493 e. The van der Waals surface area contributed by atoms with Gasteiger partial charge in [0, 0.05) is 16.1 Å². The fourth-order valence-electron chi connectivity index (χ4n) is 4.61. The molecule has 0 fully saturated rings. The van der Waals surface area contributed by atoms with Crippen LogP contribution in [0.25, 0.3) is 11.3 Å². The lowest BCUT2D eigenvalue weighted by atomic mass is 10.0. The zero-order chi connectivity index (χ0) is 26.3. The Labute approximate surface area is 233 Å². The number of rotatable bonds is 18. The van der Waals surface area contributed by atoms with Crippen LogP contribution in [0.3, 0.4) is 0 Å². The molecule has 0 bridgehead atoms. The molecule has 202 valence electrons. The van der Waals surface area contributed by atoms with Gasteiger partial charge in [-0.25, -0.2) is 4.98 Å². The van der Waals surface area contributed by atoms with Crippen molar-refractivity contribution in [3.8, 4) is 17.0 Å². The van der Waals surface area contributed by atoms with Crippen LogP contribution in [-0.2, 0) is 12.8 Å². The summed E-state index contributed by atoms with van der Waals surface area (Å²) in [4.78, 5) is 4.72. The highest BCUT2D eigenvalue weighted by molar-refractivity contribution is 6.31. The molecule has 0 radical (unpaired) electrons. The van der Waals surface area contributed by atoms with Crippen molar-refractivity contribution in [3.05, 3.63) is 69.7 Å². The van der Waals surface area contributed by atoms with Gasteiger partial charge >= 0.3 is 0 Å². The molecular weight excluding hydrogens is 501 g/mol. The Hall–Kier alpha value is -1.97. The van der Waals surface area contributed by atoms with E-state index in [1.54, 1.807) is 0 Å². The second-order valence-electron chi connectivity index (χ2n) is 9.99. The molecule has 0 amide bonds. The van der Waals surface area contributed by atoms with Crippen LogP contribution in [0.4, 0.5) is 0 Å². The van der Waals surface area contributed by atoms with E-state index in [1.165, 1.54) is 76.2 Å². The summed E-state index contributed by atoms with van der Waals surface area (Å²) in [6, 6.07) is 14.1. The summed E-state index contributed by atoms with van der Waals surface area (Å²) in [5.74, 6) is 1.51. The molecule has 1 heterocycles. The molecule has 3 rings (SSSR count). The van der Waals surface area contributed by atoms with Gasteiger partial charge in [0.05, 0.1) is 13.0 Å². The molecule has 0 saturated carbocycles. The van der Waals surface area contributed by atoms with E-state index >= 15 is 0 Å². The van der Waals surface area contributed by atoms with Crippen molar-refractivity contribution in [1.82, 2.24) is 4.98 Å². The summed E-state index contributed by atoms with van der Waals surface area (Å²) < 4.78 is 12.1. The standard InChI is InChI=1S/C32H43Cl2NO2/c1-3-5-7-9-11-13-15-25-16-21-29(36-22-14-12-10-8-6-4-2)27(23-25)24-30-35-31(32(34)37-30)26-17-19-28(33)20-18-26/h16-21,23H,3-15,22,24H2,1-2H3. The molecular formula is C32H43Cl2NO2. The molecule has 5 heteroatoms. The number of hydrogen-bond donors (Lipinski definition) is 0. The van der Waals surface area contributed by atoms with Gasteiger partial charge in [0.25, 0.3) is 0 Å². The summed E-state index contributed by atoms with van der Waals surface area (Å²) in [5.41, 5.74) is 3.98. The van der Waals surface area contributed by atoms with Gasteiger partial charge < -0.3 is 9.15 Å². The Kier molecular flexibility index (Phi) is 13.4. The fraction of sp³-hybridized carbons (Fsp3) is 0.531. The maximum absolute atomic E-state index is 6.44. The second-order valence-corrected chi connectivity index (χ2v) is 10.8. The van der Waals surface area contributed by atoms with Crippen molar-refractivity contribution >= 4 is 23.2 Å². The lowest BCUT2D eigenvalue weighted by Gasteiger charge is -2.13. The first kappa shape index (κ1) is 29.6. The number of aryl methyl sites for hydroxylation is 1. The molecule has 37 heavy (non-hydrogen) atoms. The van der Waals surface area contributed by atoms with E-state index in [9.17, 15) is 0 Å². The molecule has 0 aliphatic carbocycles. The van der Waals surface area contributed by atoms with Crippen molar-refractivity contribution < 1.29 is 9.15 Å². The van der Waals surface area contributed by atoms with Crippen molar-refractivity contribution in [2.75, 3.05) is 6.61 Å². The topological polar surface area (TPSA) is 35.3 Å². The Morgan fingerprint density at radius 2 is 1.41 bits per heavy atom. The number of oxazole rings is 1. The van der Waals surface area contributed by atoms with Gasteiger partial charge in [-0.2, -0.15) is 0 Å². The van der Waals surface area contributed by atoms with Gasteiger partial charge in [-0.15, -0.1) is 0 Å². The molecule has 0 aliphatic heterocycles. The van der Waals surface area contributed by atoms with E-state index in [0.29, 0.717) is 28.2 Å². The summed E-state index contributed by atoms with van der Waals surface area (Å²) in [7, 11) is 0. The molecule has 3 nitrogen and oxygen atoms in total. The summed E-state index contributed by atoms with van der Waals surface area (Å²) in [5, 5.41) is 0.980. The second kappa shape index (κ2) is 16.8. The van der Waals surface area contributed by atoms with Gasteiger partial charge in [-0.1, -0.05) is 114 Å². The average Bonchev–Trinajstić information content (AvgIpc) is 3.26. The molecule has 3 aromatic rings. The van der Waals surface area contributed by atoms with Crippen LogP contribution in [-0.4, -0.2) is 11.6 Å². The number of benzene rings is 2. The monoisotopic (exact) mass is 543 g/mol. The lowest BCUT2D eigenvalue weighted by Crippen LogP contribution is -2.02. The minimum absolute atomic E-state index is 0.301. The van der Waals surface area contributed by atoms with Crippen LogP contribution >= 0.6 is 23.2 Å². The van der Waals surface area contributed by atoms with Crippen LogP contribution in [0.1, 0.15) is 108 Å². The average molecular weight is 545 g/mol. The van der Waals surface area contributed by atoms with Crippen molar-refractivity contribution in [2.45, 2.75) is 104 Å². The van der Waals surface area contributed by atoms with Crippen LogP contribution in [0.15, 0.2) is 46.9 Å². The summed E-state index contributed by atoms with van der Waals surface area (Å²) in [6.45, 7) is 5.25. The van der Waals surface area contributed by atoms with Gasteiger partial charge in [0.1, 0.15) is 11.4 Å². The molecule has 1 aromatic heterocycles. The van der Waals surface area contributed by atoms with Crippen molar-refractivity contribution in [1.29, 1.82) is 0 Å². The van der Waals surface area contributed by atoms with Crippen LogP contribution in [0, 0.1) is 0 Å². The lowest BCUT2D eigenvalue weighted by molar-refractivity contribution is 0.301.